The first-order valence-corrected chi connectivity index (χ1v) is 12.0. The maximum Gasteiger partial charge on any atom is 0.244 e. The van der Waals surface area contributed by atoms with Gasteiger partial charge in [-0.15, -0.1) is 0 Å². The van der Waals surface area contributed by atoms with E-state index < -0.39 is 10.0 Å². The second-order valence-corrected chi connectivity index (χ2v) is 10.1. The molecule has 1 aromatic heterocycles. The van der Waals surface area contributed by atoms with Crippen molar-refractivity contribution in [3.63, 3.8) is 0 Å². The number of hydrogen-bond donors (Lipinski definition) is 1. The van der Waals surface area contributed by atoms with Gasteiger partial charge in [-0.2, -0.15) is 4.31 Å². The molecule has 0 saturated carbocycles. The van der Waals surface area contributed by atoms with Crippen LogP contribution in [0.4, 0.5) is 5.69 Å². The fraction of sp³-hybridized carbons (Fsp3) is 0.400. The molecule has 1 aliphatic heterocycles. The van der Waals surface area contributed by atoms with Gasteiger partial charge in [0.25, 0.3) is 0 Å². The SMILES string of the molecule is O=C(CSc1ccc(S(=O)(=O)N2CCCC2)cn1)Nc1ccc2c(c1)CCC2. The lowest BCUT2D eigenvalue weighted by Gasteiger charge is -2.15. The van der Waals surface area contributed by atoms with Crippen molar-refractivity contribution >= 4 is 33.4 Å². The topological polar surface area (TPSA) is 79.4 Å². The molecule has 8 heteroatoms. The number of sulfonamides is 1. The number of nitrogens with one attached hydrogen (secondary N) is 1. The third-order valence-electron chi connectivity index (χ3n) is 5.15. The monoisotopic (exact) mass is 417 g/mol. The fourth-order valence-corrected chi connectivity index (χ4v) is 5.77. The van der Waals surface area contributed by atoms with Crippen molar-refractivity contribution in [3.8, 4) is 0 Å². The van der Waals surface area contributed by atoms with Crippen molar-refractivity contribution in [2.75, 3.05) is 24.2 Å². The molecule has 0 radical (unpaired) electrons. The number of rotatable bonds is 6. The fourth-order valence-electron chi connectivity index (χ4n) is 3.67. The van der Waals surface area contributed by atoms with Gasteiger partial charge in [0.2, 0.25) is 15.9 Å². The van der Waals surface area contributed by atoms with Gasteiger partial charge in [0.05, 0.1) is 10.8 Å². The van der Waals surface area contributed by atoms with E-state index in [9.17, 15) is 13.2 Å². The molecule has 1 saturated heterocycles. The van der Waals surface area contributed by atoms with E-state index in [1.54, 1.807) is 12.1 Å². The number of thioether (sulfide) groups is 1. The van der Waals surface area contributed by atoms with Gasteiger partial charge in [0.15, 0.2) is 0 Å². The summed E-state index contributed by atoms with van der Waals surface area (Å²) in [7, 11) is -3.45. The highest BCUT2D eigenvalue weighted by molar-refractivity contribution is 7.99. The van der Waals surface area contributed by atoms with Crippen LogP contribution in [-0.4, -0.2) is 42.5 Å². The summed E-state index contributed by atoms with van der Waals surface area (Å²) in [4.78, 5) is 16.7. The summed E-state index contributed by atoms with van der Waals surface area (Å²) in [6, 6.07) is 9.33. The normalized spacial score (nSPS) is 16.9. The van der Waals surface area contributed by atoms with E-state index in [0.29, 0.717) is 18.1 Å². The summed E-state index contributed by atoms with van der Waals surface area (Å²) in [5.41, 5.74) is 3.52. The lowest BCUT2D eigenvalue weighted by atomic mass is 10.1. The van der Waals surface area contributed by atoms with E-state index in [4.69, 9.17) is 0 Å². The summed E-state index contributed by atoms with van der Waals surface area (Å²) in [5, 5.41) is 3.55. The van der Waals surface area contributed by atoms with Crippen LogP contribution in [0.5, 0.6) is 0 Å². The number of fused-ring (bicyclic) bond motifs is 1. The van der Waals surface area contributed by atoms with Gasteiger partial charge >= 0.3 is 0 Å². The second-order valence-electron chi connectivity index (χ2n) is 7.12. The first kappa shape index (κ1) is 19.4. The lowest BCUT2D eigenvalue weighted by Crippen LogP contribution is -2.27. The van der Waals surface area contributed by atoms with Gasteiger partial charge < -0.3 is 5.32 Å². The van der Waals surface area contributed by atoms with Crippen molar-refractivity contribution in [3.05, 3.63) is 47.7 Å². The van der Waals surface area contributed by atoms with Gasteiger partial charge in [-0.1, -0.05) is 17.8 Å². The minimum absolute atomic E-state index is 0.0986. The van der Waals surface area contributed by atoms with Crippen molar-refractivity contribution < 1.29 is 13.2 Å². The molecule has 148 valence electrons. The molecule has 1 aliphatic carbocycles. The number of aryl methyl sites for hydroxylation is 2. The minimum atomic E-state index is -3.45. The van der Waals surface area contributed by atoms with Crippen LogP contribution in [-0.2, 0) is 27.7 Å². The quantitative estimate of drug-likeness (QED) is 0.731. The van der Waals surface area contributed by atoms with Crippen LogP contribution in [0.15, 0.2) is 46.5 Å². The number of anilines is 1. The van der Waals surface area contributed by atoms with E-state index in [2.05, 4.69) is 22.4 Å². The van der Waals surface area contributed by atoms with Crippen LogP contribution in [0.1, 0.15) is 30.4 Å². The Balaban J connectivity index is 1.33. The Morgan fingerprint density at radius 3 is 2.61 bits per heavy atom. The molecule has 0 atom stereocenters. The number of benzene rings is 1. The van der Waals surface area contributed by atoms with E-state index in [-0.39, 0.29) is 16.6 Å². The molecule has 28 heavy (non-hydrogen) atoms. The lowest BCUT2D eigenvalue weighted by molar-refractivity contribution is -0.113. The highest BCUT2D eigenvalue weighted by Gasteiger charge is 2.27. The molecule has 2 aromatic rings. The highest BCUT2D eigenvalue weighted by Crippen LogP contribution is 2.26. The van der Waals surface area contributed by atoms with E-state index in [0.717, 1.165) is 31.4 Å². The number of nitrogens with zero attached hydrogens (tertiary/aromatic N) is 2. The Morgan fingerprint density at radius 2 is 1.86 bits per heavy atom. The molecule has 1 amide bonds. The summed E-state index contributed by atoms with van der Waals surface area (Å²) >= 11 is 1.29. The summed E-state index contributed by atoms with van der Waals surface area (Å²) in [5.74, 6) is 0.126. The van der Waals surface area contributed by atoms with Gasteiger partial charge in [-0.05, 0) is 67.5 Å². The molecule has 4 rings (SSSR count). The van der Waals surface area contributed by atoms with Crippen molar-refractivity contribution in [1.29, 1.82) is 0 Å². The van der Waals surface area contributed by atoms with E-state index in [1.807, 2.05) is 6.07 Å². The third-order valence-corrected chi connectivity index (χ3v) is 7.97. The van der Waals surface area contributed by atoms with Crippen LogP contribution < -0.4 is 5.32 Å². The van der Waals surface area contributed by atoms with Crippen LogP contribution in [0.2, 0.25) is 0 Å². The second kappa shape index (κ2) is 8.23. The molecule has 1 aromatic carbocycles. The smallest absolute Gasteiger partial charge is 0.244 e. The highest BCUT2D eigenvalue weighted by atomic mass is 32.2. The predicted molar refractivity (Wildman–Crippen MR) is 110 cm³/mol. The Labute approximate surface area is 169 Å². The van der Waals surface area contributed by atoms with E-state index >= 15 is 0 Å². The maximum absolute atomic E-state index is 12.5. The van der Waals surface area contributed by atoms with Gasteiger partial charge in [0.1, 0.15) is 4.90 Å². The number of amides is 1. The van der Waals surface area contributed by atoms with Gasteiger partial charge in [-0.25, -0.2) is 13.4 Å². The molecule has 2 heterocycles. The molecular weight excluding hydrogens is 394 g/mol. The molecular formula is C20H23N3O3S2. The molecule has 1 fully saturated rings. The number of aromatic nitrogens is 1. The van der Waals surface area contributed by atoms with Crippen LogP contribution in [0, 0.1) is 0 Å². The molecule has 1 N–H and O–H groups in total. The molecule has 0 unspecified atom stereocenters. The van der Waals surface area contributed by atoms with E-state index in [1.165, 1.54) is 39.8 Å². The number of carbonyl (C=O) groups is 1. The zero-order valence-corrected chi connectivity index (χ0v) is 17.2. The van der Waals surface area contributed by atoms with Crippen molar-refractivity contribution in [2.45, 2.75) is 42.0 Å². The Kier molecular flexibility index (Phi) is 5.70. The molecule has 0 spiro atoms. The van der Waals surface area contributed by atoms with Gasteiger partial charge in [-0.3, -0.25) is 4.79 Å². The summed E-state index contributed by atoms with van der Waals surface area (Å²) < 4.78 is 26.5. The number of pyridine rings is 1. The first-order valence-electron chi connectivity index (χ1n) is 9.53. The zero-order chi connectivity index (χ0) is 19.6. The van der Waals surface area contributed by atoms with Crippen LogP contribution in [0.3, 0.4) is 0 Å². The molecule has 6 nitrogen and oxygen atoms in total. The van der Waals surface area contributed by atoms with Crippen molar-refractivity contribution in [1.82, 2.24) is 9.29 Å². The number of carbonyl (C=O) groups excluding carboxylic acids is 1. The summed E-state index contributed by atoms with van der Waals surface area (Å²) in [6.45, 7) is 1.14. The van der Waals surface area contributed by atoms with Crippen LogP contribution >= 0.6 is 11.8 Å². The Morgan fingerprint density at radius 1 is 1.07 bits per heavy atom. The van der Waals surface area contributed by atoms with Crippen molar-refractivity contribution in [2.24, 2.45) is 0 Å². The maximum atomic E-state index is 12.5. The zero-order valence-electron chi connectivity index (χ0n) is 15.6. The Hall–Kier alpha value is -1.90. The Bertz CT molecular complexity index is 969. The largest absolute Gasteiger partial charge is 0.325 e. The summed E-state index contributed by atoms with van der Waals surface area (Å²) in [6.07, 6.45) is 6.56. The first-order chi connectivity index (χ1) is 13.5. The number of hydrogen-bond acceptors (Lipinski definition) is 5. The van der Waals surface area contributed by atoms with Gasteiger partial charge in [0, 0.05) is 25.0 Å². The predicted octanol–water partition coefficient (Wildman–Crippen LogP) is 3.09. The standard InChI is InChI=1S/C20H23N3O3S2/c24-19(22-17-7-6-15-4-3-5-16(15)12-17)14-27-20-9-8-18(13-21-20)28(25,26)23-10-1-2-11-23/h6-9,12-13H,1-5,10-11,14H2,(H,22,24). The minimum Gasteiger partial charge on any atom is -0.325 e. The average Bonchev–Trinajstić information content (AvgIpc) is 3.38. The molecule has 0 bridgehead atoms. The van der Waals surface area contributed by atoms with Crippen LogP contribution in [0.25, 0.3) is 0 Å². The third kappa shape index (κ3) is 4.24. The average molecular weight is 418 g/mol. The molecule has 2 aliphatic rings.